The van der Waals surface area contributed by atoms with Crippen LogP contribution in [0, 0.1) is 0 Å². The predicted octanol–water partition coefficient (Wildman–Crippen LogP) is 4.17. The first-order chi connectivity index (χ1) is 11.7. The van der Waals surface area contributed by atoms with Crippen molar-refractivity contribution in [1.29, 1.82) is 0 Å². The van der Waals surface area contributed by atoms with E-state index in [1.807, 2.05) is 18.3 Å². The van der Waals surface area contributed by atoms with Crippen molar-refractivity contribution in [2.24, 2.45) is 3.15 Å². The molecule has 7 heteroatoms. The normalized spacial score (nSPS) is 20.2. The van der Waals surface area contributed by atoms with E-state index in [0.29, 0.717) is 6.42 Å². The third-order valence-corrected chi connectivity index (χ3v) is 6.19. The molecule has 2 amide bonds. The quantitative estimate of drug-likeness (QED) is 0.686. The number of carbonyl (C=O) groups is 2. The summed E-state index contributed by atoms with van der Waals surface area (Å²) in [4.78, 5) is 26.4. The Morgan fingerprint density at radius 2 is 2.17 bits per heavy atom. The van der Waals surface area contributed by atoms with Crippen LogP contribution in [0.1, 0.15) is 11.3 Å². The molecule has 1 fully saturated rings. The van der Waals surface area contributed by atoms with Gasteiger partial charge >= 0.3 is 0 Å². The van der Waals surface area contributed by atoms with E-state index in [1.54, 1.807) is 0 Å². The standard InChI is InChI=1S/C17H14IN3O2S/c22-16-15(24-17(23)21-16)7-10-1-2-14-12(5-10)8-13(20-14)6-11-3-4-18-19-9-11/h1-5,8-9,15,20H,6-7H2,(H,21,22,23). The number of rotatable bonds is 4. The summed E-state index contributed by atoms with van der Waals surface area (Å²) in [6.45, 7) is 0. The summed E-state index contributed by atoms with van der Waals surface area (Å²) in [5.74, 6) is -0.192. The van der Waals surface area contributed by atoms with Crippen LogP contribution in [0.2, 0.25) is 0 Å². The van der Waals surface area contributed by atoms with E-state index in [4.69, 9.17) is 0 Å². The molecule has 2 aromatic rings. The molecule has 3 heterocycles. The Balaban J connectivity index is 1.54. The molecule has 0 bridgehead atoms. The molecular formula is C17H14IN3O2S. The van der Waals surface area contributed by atoms with Gasteiger partial charge < -0.3 is 4.98 Å². The summed E-state index contributed by atoms with van der Waals surface area (Å²) >= 11 is 0.944. The zero-order valence-corrected chi connectivity index (χ0v) is 15.6. The maximum absolute atomic E-state index is 11.7. The maximum atomic E-state index is 11.7. The van der Waals surface area contributed by atoms with Crippen molar-refractivity contribution in [3.63, 3.8) is 0 Å². The Kier molecular flexibility index (Phi) is 4.36. The first-order valence-corrected chi connectivity index (χ1v) is 10.6. The second-order valence-electron chi connectivity index (χ2n) is 5.67. The zero-order chi connectivity index (χ0) is 16.5. The van der Waals surface area contributed by atoms with E-state index in [2.05, 4.69) is 35.7 Å². The molecule has 2 N–H and O–H groups in total. The molecule has 1 aromatic heterocycles. The third kappa shape index (κ3) is 3.36. The lowest BCUT2D eigenvalue weighted by atomic mass is 10.1. The van der Waals surface area contributed by atoms with Crippen LogP contribution < -0.4 is 5.32 Å². The lowest BCUT2D eigenvalue weighted by Crippen LogP contribution is -2.25. The van der Waals surface area contributed by atoms with Gasteiger partial charge in [0.2, 0.25) is 5.91 Å². The van der Waals surface area contributed by atoms with Gasteiger partial charge in [-0.2, -0.15) is 0 Å². The second kappa shape index (κ2) is 6.64. The average Bonchev–Trinajstić information content (AvgIpc) is 3.10. The number of thioether (sulfide) groups is 1. The molecule has 5 nitrogen and oxygen atoms in total. The van der Waals surface area contributed by atoms with Crippen LogP contribution in [-0.4, -0.2) is 21.4 Å². The minimum Gasteiger partial charge on any atom is -0.358 e. The highest BCUT2D eigenvalue weighted by atomic mass is 127. The zero-order valence-electron chi connectivity index (χ0n) is 12.6. The number of benzene rings is 1. The van der Waals surface area contributed by atoms with E-state index in [1.165, 1.54) is 5.57 Å². The Morgan fingerprint density at radius 3 is 2.92 bits per heavy atom. The fourth-order valence-corrected chi connectivity index (χ4v) is 4.99. The summed E-state index contributed by atoms with van der Waals surface area (Å²) in [5, 5.41) is 2.88. The molecule has 24 heavy (non-hydrogen) atoms. The molecule has 2 aliphatic heterocycles. The Hall–Kier alpha value is -1.74. The van der Waals surface area contributed by atoms with Crippen molar-refractivity contribution in [3.05, 3.63) is 57.5 Å². The first kappa shape index (κ1) is 15.8. The number of H-pyrrole nitrogens is 1. The van der Waals surface area contributed by atoms with Gasteiger partial charge in [0.25, 0.3) is 5.24 Å². The highest BCUT2D eigenvalue weighted by molar-refractivity contribution is 14.2. The van der Waals surface area contributed by atoms with Crippen molar-refractivity contribution >= 4 is 54.8 Å². The molecule has 0 radical (unpaired) electrons. The fourth-order valence-electron chi connectivity index (χ4n) is 2.81. The third-order valence-electron chi connectivity index (χ3n) is 3.93. The first-order valence-electron chi connectivity index (χ1n) is 7.48. The SMILES string of the molecule is O=C1NC(=O)C(Cc2ccc3[nH]c(CC4=CN=IC=C4)cc3c2)S1. The molecular weight excluding hydrogens is 437 g/mol. The molecule has 1 unspecified atom stereocenters. The second-order valence-corrected chi connectivity index (χ2v) is 8.68. The fraction of sp³-hybridized carbons (Fsp3) is 0.176. The van der Waals surface area contributed by atoms with Crippen LogP contribution in [0.25, 0.3) is 10.9 Å². The number of aromatic amines is 1. The van der Waals surface area contributed by atoms with E-state index in [-0.39, 0.29) is 37.4 Å². The monoisotopic (exact) mass is 451 g/mol. The molecule has 0 spiro atoms. The van der Waals surface area contributed by atoms with Gasteiger partial charge in [-0.3, -0.25) is 14.9 Å². The number of aromatic nitrogens is 1. The summed E-state index contributed by atoms with van der Waals surface area (Å²) in [7, 11) is 0. The summed E-state index contributed by atoms with van der Waals surface area (Å²) in [6, 6.07) is 8.28. The Labute approximate surface area is 153 Å². The van der Waals surface area contributed by atoms with Crippen molar-refractivity contribution in [3.8, 4) is 0 Å². The van der Waals surface area contributed by atoms with Crippen molar-refractivity contribution in [2.45, 2.75) is 18.1 Å². The highest BCUT2D eigenvalue weighted by Gasteiger charge is 2.31. The molecule has 122 valence electrons. The number of nitrogens with zero attached hydrogens (tertiary/aromatic N) is 1. The number of hydrogen-bond acceptors (Lipinski definition) is 4. The Morgan fingerprint density at radius 1 is 1.25 bits per heavy atom. The number of amides is 2. The predicted molar refractivity (Wildman–Crippen MR) is 104 cm³/mol. The van der Waals surface area contributed by atoms with Gasteiger partial charge in [0.05, 0.1) is 5.25 Å². The van der Waals surface area contributed by atoms with Crippen molar-refractivity contribution in [2.75, 3.05) is 0 Å². The van der Waals surface area contributed by atoms with E-state index in [9.17, 15) is 9.59 Å². The summed E-state index contributed by atoms with van der Waals surface area (Å²) in [5.41, 5.74) is 4.51. The van der Waals surface area contributed by atoms with Gasteiger partial charge in [-0.1, -0.05) is 17.8 Å². The van der Waals surface area contributed by atoms with Gasteiger partial charge in [-0.25, -0.2) is 3.15 Å². The lowest BCUT2D eigenvalue weighted by Gasteiger charge is -2.05. The highest BCUT2D eigenvalue weighted by Crippen LogP contribution is 2.26. The maximum Gasteiger partial charge on any atom is 0.286 e. The molecule has 1 saturated heterocycles. The lowest BCUT2D eigenvalue weighted by molar-refractivity contribution is -0.118. The number of hydrogen-bond donors (Lipinski definition) is 2. The van der Waals surface area contributed by atoms with Crippen LogP contribution >= 0.6 is 32.8 Å². The topological polar surface area (TPSA) is 74.3 Å². The van der Waals surface area contributed by atoms with E-state index >= 15 is 0 Å². The number of fused-ring (bicyclic) bond motifs is 1. The van der Waals surface area contributed by atoms with Crippen LogP contribution in [0.4, 0.5) is 4.79 Å². The average molecular weight is 451 g/mol. The van der Waals surface area contributed by atoms with Crippen molar-refractivity contribution in [1.82, 2.24) is 10.3 Å². The largest absolute Gasteiger partial charge is 0.358 e. The number of halogens is 1. The van der Waals surface area contributed by atoms with Gasteiger partial charge in [0, 0.05) is 44.9 Å². The number of allylic oxidation sites excluding steroid dienone is 2. The Bertz CT molecular complexity index is 929. The summed E-state index contributed by atoms with van der Waals surface area (Å²) in [6.07, 6.45) is 5.53. The minimum absolute atomic E-state index is 0.128. The van der Waals surface area contributed by atoms with E-state index in [0.717, 1.165) is 40.3 Å². The number of imide groups is 1. The minimum atomic E-state index is -0.323. The van der Waals surface area contributed by atoms with Gasteiger partial charge in [-0.15, -0.1) is 0 Å². The van der Waals surface area contributed by atoms with Gasteiger partial charge in [0.15, 0.2) is 0 Å². The van der Waals surface area contributed by atoms with E-state index < -0.39 is 0 Å². The molecule has 1 aromatic carbocycles. The van der Waals surface area contributed by atoms with Crippen LogP contribution in [0.15, 0.2) is 49.3 Å². The smallest absolute Gasteiger partial charge is 0.286 e. The molecule has 0 saturated carbocycles. The number of nitrogens with one attached hydrogen (secondary N) is 2. The number of carbonyl (C=O) groups excluding carboxylic acids is 2. The van der Waals surface area contributed by atoms with Crippen molar-refractivity contribution < 1.29 is 9.59 Å². The van der Waals surface area contributed by atoms with Gasteiger partial charge in [0.1, 0.15) is 0 Å². The van der Waals surface area contributed by atoms with Crippen LogP contribution in [0.5, 0.6) is 0 Å². The molecule has 0 aliphatic carbocycles. The van der Waals surface area contributed by atoms with Crippen LogP contribution in [0.3, 0.4) is 0 Å². The molecule has 1 atom stereocenters. The summed E-state index contributed by atoms with van der Waals surface area (Å²) < 4.78 is 6.54. The molecule has 2 aliphatic rings. The molecule has 4 rings (SSSR count). The van der Waals surface area contributed by atoms with Gasteiger partial charge in [-0.05, 0) is 51.3 Å². The van der Waals surface area contributed by atoms with Crippen LogP contribution in [-0.2, 0) is 17.6 Å².